The molecule has 2 aromatic rings. The third kappa shape index (κ3) is 3.47. The van der Waals surface area contributed by atoms with E-state index in [1.807, 2.05) is 10.8 Å². The van der Waals surface area contributed by atoms with Crippen molar-refractivity contribution in [3.05, 3.63) is 60.8 Å². The number of nitro benzene ring substituents is 1. The highest BCUT2D eigenvalue weighted by Crippen LogP contribution is 2.29. The van der Waals surface area contributed by atoms with Crippen molar-refractivity contribution in [2.75, 3.05) is 6.54 Å². The van der Waals surface area contributed by atoms with Crippen molar-refractivity contribution in [1.82, 2.24) is 5.32 Å². The molecule has 1 aromatic heterocycles. The summed E-state index contributed by atoms with van der Waals surface area (Å²) in [7, 11) is 0. The van der Waals surface area contributed by atoms with Crippen LogP contribution < -0.4 is 5.32 Å². The summed E-state index contributed by atoms with van der Waals surface area (Å²) in [6.45, 7) is 6.61. The topological polar surface area (TPSA) is 92.5 Å². The lowest BCUT2D eigenvalue weighted by atomic mass is 9.95. The van der Waals surface area contributed by atoms with Crippen molar-refractivity contribution < 1.29 is 14.8 Å². The quantitative estimate of drug-likeness (QED) is 0.641. The fourth-order valence-electron chi connectivity index (χ4n) is 2.82. The fourth-order valence-corrected chi connectivity index (χ4v) is 3.60. The molecule has 0 fully saturated rings. The molecule has 0 aliphatic rings. The van der Waals surface area contributed by atoms with Gasteiger partial charge in [0.25, 0.3) is 11.6 Å². The van der Waals surface area contributed by atoms with Crippen LogP contribution in [-0.2, 0) is 5.60 Å². The highest BCUT2D eigenvalue weighted by molar-refractivity contribution is 7.08. The fraction of sp³-hybridized carbons (Fsp3) is 0.353. The summed E-state index contributed by atoms with van der Waals surface area (Å²) >= 11 is 1.46. The molecule has 2 N–H and O–H groups in total. The zero-order valence-corrected chi connectivity index (χ0v) is 14.9. The number of nitrogens with zero attached hydrogens (tertiary/aromatic N) is 1. The molecule has 0 saturated carbocycles. The zero-order valence-electron chi connectivity index (χ0n) is 14.0. The Kier molecular flexibility index (Phi) is 5.05. The van der Waals surface area contributed by atoms with Gasteiger partial charge in [0.1, 0.15) is 5.60 Å². The van der Waals surface area contributed by atoms with E-state index in [0.717, 1.165) is 5.56 Å². The van der Waals surface area contributed by atoms with E-state index in [-0.39, 0.29) is 17.8 Å². The summed E-state index contributed by atoms with van der Waals surface area (Å²) in [5.41, 5.74) is 1.29. The molecule has 2 rings (SSSR count). The van der Waals surface area contributed by atoms with Gasteiger partial charge in [0, 0.05) is 11.1 Å². The maximum Gasteiger partial charge on any atom is 0.275 e. The second-order valence-corrected chi connectivity index (χ2v) is 6.86. The molecule has 0 saturated heterocycles. The van der Waals surface area contributed by atoms with Crippen LogP contribution in [0.15, 0.2) is 22.9 Å². The van der Waals surface area contributed by atoms with Crippen LogP contribution in [0.4, 0.5) is 5.69 Å². The maximum absolute atomic E-state index is 12.5. The van der Waals surface area contributed by atoms with E-state index in [2.05, 4.69) is 5.32 Å². The lowest BCUT2D eigenvalue weighted by molar-refractivity contribution is -0.386. The van der Waals surface area contributed by atoms with Crippen LogP contribution in [0.25, 0.3) is 0 Å². The van der Waals surface area contributed by atoms with Gasteiger partial charge in [-0.15, -0.1) is 0 Å². The van der Waals surface area contributed by atoms with Crippen LogP contribution in [0.3, 0.4) is 0 Å². The first kappa shape index (κ1) is 18.1. The van der Waals surface area contributed by atoms with E-state index in [9.17, 15) is 20.0 Å². The number of aryl methyl sites for hydroxylation is 2. The number of aliphatic hydroxyl groups is 1. The molecule has 6 nitrogen and oxygen atoms in total. The lowest BCUT2D eigenvalue weighted by Gasteiger charge is -2.23. The number of amides is 1. The summed E-state index contributed by atoms with van der Waals surface area (Å²) in [5, 5.41) is 28.1. The minimum absolute atomic E-state index is 0.0170. The van der Waals surface area contributed by atoms with Crippen molar-refractivity contribution in [3.63, 3.8) is 0 Å². The van der Waals surface area contributed by atoms with Crippen molar-refractivity contribution in [1.29, 1.82) is 0 Å². The van der Waals surface area contributed by atoms with Crippen LogP contribution in [0, 0.1) is 30.9 Å². The van der Waals surface area contributed by atoms with Crippen LogP contribution in [-0.4, -0.2) is 22.5 Å². The van der Waals surface area contributed by atoms with Gasteiger partial charge < -0.3 is 10.4 Å². The minimum atomic E-state index is -1.20. The molecule has 0 spiro atoms. The molecule has 1 atom stereocenters. The first-order valence-electron chi connectivity index (χ1n) is 7.43. The summed E-state index contributed by atoms with van der Waals surface area (Å²) in [6.07, 6.45) is 0. The number of nitro groups is 1. The summed E-state index contributed by atoms with van der Waals surface area (Å²) in [4.78, 5) is 23.3. The Morgan fingerprint density at radius 3 is 2.58 bits per heavy atom. The molecule has 0 aliphatic carbocycles. The van der Waals surface area contributed by atoms with E-state index in [1.165, 1.54) is 11.3 Å². The average Bonchev–Trinajstić information content (AvgIpc) is 2.99. The van der Waals surface area contributed by atoms with Gasteiger partial charge in [0.15, 0.2) is 0 Å². The summed E-state index contributed by atoms with van der Waals surface area (Å²) in [6, 6.07) is 3.43. The van der Waals surface area contributed by atoms with E-state index in [1.54, 1.807) is 39.8 Å². The maximum atomic E-state index is 12.5. The highest BCUT2D eigenvalue weighted by Gasteiger charge is 2.27. The van der Waals surface area contributed by atoms with Gasteiger partial charge in [-0.1, -0.05) is 0 Å². The van der Waals surface area contributed by atoms with Gasteiger partial charge in [-0.05, 0) is 61.7 Å². The van der Waals surface area contributed by atoms with Crippen molar-refractivity contribution in [3.8, 4) is 0 Å². The molecule has 128 valence electrons. The van der Waals surface area contributed by atoms with E-state index in [4.69, 9.17) is 0 Å². The van der Waals surface area contributed by atoms with Gasteiger partial charge in [-0.3, -0.25) is 14.9 Å². The monoisotopic (exact) mass is 348 g/mol. The molecule has 0 radical (unpaired) electrons. The van der Waals surface area contributed by atoms with Crippen LogP contribution in [0.1, 0.15) is 39.5 Å². The molecular weight excluding hydrogens is 328 g/mol. The standard InChI is InChI=1S/C17H20N2O4S/c1-10-7-11(2)15(19(22)23)12(3)14(10)16(20)18-9-17(4,21)13-5-6-24-8-13/h5-8,21H,9H2,1-4H3,(H,18,20). The Hall–Kier alpha value is -2.25. The Balaban J connectivity index is 2.28. The van der Waals surface area contributed by atoms with E-state index >= 15 is 0 Å². The first-order valence-corrected chi connectivity index (χ1v) is 8.38. The van der Waals surface area contributed by atoms with Gasteiger partial charge in [-0.2, -0.15) is 11.3 Å². The van der Waals surface area contributed by atoms with Gasteiger partial charge in [0.2, 0.25) is 0 Å². The number of carbonyl (C=O) groups excluding carboxylic acids is 1. The van der Waals surface area contributed by atoms with E-state index < -0.39 is 16.4 Å². The van der Waals surface area contributed by atoms with Gasteiger partial charge in [0.05, 0.1) is 17.0 Å². The Bertz CT molecular complexity index is 782. The zero-order chi connectivity index (χ0) is 18.1. The molecule has 1 amide bonds. The molecular formula is C17H20N2O4S. The third-order valence-electron chi connectivity index (χ3n) is 4.08. The van der Waals surface area contributed by atoms with Crippen LogP contribution in [0.5, 0.6) is 0 Å². The van der Waals surface area contributed by atoms with Crippen molar-refractivity contribution in [2.45, 2.75) is 33.3 Å². The predicted octanol–water partition coefficient (Wildman–Crippen LogP) is 3.22. The number of benzene rings is 1. The minimum Gasteiger partial charge on any atom is -0.384 e. The van der Waals surface area contributed by atoms with Crippen molar-refractivity contribution in [2.24, 2.45) is 0 Å². The second-order valence-electron chi connectivity index (χ2n) is 6.08. The first-order chi connectivity index (χ1) is 11.1. The van der Waals surface area contributed by atoms with E-state index in [0.29, 0.717) is 16.7 Å². The third-order valence-corrected chi connectivity index (χ3v) is 4.76. The smallest absolute Gasteiger partial charge is 0.275 e. The van der Waals surface area contributed by atoms with Crippen LogP contribution in [0.2, 0.25) is 0 Å². The molecule has 1 heterocycles. The largest absolute Gasteiger partial charge is 0.384 e. The normalized spacial score (nSPS) is 13.4. The van der Waals surface area contributed by atoms with Crippen LogP contribution >= 0.6 is 11.3 Å². The summed E-state index contributed by atoms with van der Waals surface area (Å²) < 4.78 is 0. The molecule has 0 aliphatic heterocycles. The highest BCUT2D eigenvalue weighted by atomic mass is 32.1. The number of thiophene rings is 1. The average molecular weight is 348 g/mol. The molecule has 0 bridgehead atoms. The van der Waals surface area contributed by atoms with Crippen molar-refractivity contribution >= 4 is 22.9 Å². The Morgan fingerprint density at radius 2 is 2.04 bits per heavy atom. The van der Waals surface area contributed by atoms with Gasteiger partial charge >= 0.3 is 0 Å². The number of hydrogen-bond donors (Lipinski definition) is 2. The second kappa shape index (κ2) is 6.70. The molecule has 24 heavy (non-hydrogen) atoms. The number of rotatable bonds is 5. The van der Waals surface area contributed by atoms with Gasteiger partial charge in [-0.25, -0.2) is 0 Å². The number of hydrogen-bond acceptors (Lipinski definition) is 5. The summed E-state index contributed by atoms with van der Waals surface area (Å²) in [5.74, 6) is -0.427. The molecule has 1 unspecified atom stereocenters. The molecule has 7 heteroatoms. The lowest BCUT2D eigenvalue weighted by Crippen LogP contribution is -2.38. The predicted molar refractivity (Wildman–Crippen MR) is 93.5 cm³/mol. The molecule has 1 aromatic carbocycles. The number of nitrogens with one attached hydrogen (secondary N) is 1. The SMILES string of the molecule is Cc1cc(C)c([N+](=O)[O-])c(C)c1C(=O)NCC(C)(O)c1ccsc1. The number of carbonyl (C=O) groups is 1. The Labute approximate surface area is 144 Å². The Morgan fingerprint density at radius 1 is 1.38 bits per heavy atom.